The second-order valence-electron chi connectivity index (χ2n) is 6.18. The number of hydrogen-bond donors (Lipinski definition) is 0. The van der Waals surface area contributed by atoms with E-state index >= 15 is 0 Å². The SMILES string of the molecule is COc1ccc(CN(C)C(=O)COC(=O)c2ccc3ccccc3n2)cc1F. The Bertz CT molecular complexity index is 1020. The van der Waals surface area contributed by atoms with E-state index in [9.17, 15) is 14.0 Å². The quantitative estimate of drug-likeness (QED) is 0.613. The molecule has 0 saturated carbocycles. The maximum atomic E-state index is 13.7. The molecule has 0 bridgehead atoms. The zero-order valence-corrected chi connectivity index (χ0v) is 15.5. The van der Waals surface area contributed by atoms with Gasteiger partial charge in [-0.15, -0.1) is 0 Å². The van der Waals surface area contributed by atoms with Crippen LogP contribution < -0.4 is 4.74 Å². The molecule has 3 rings (SSSR count). The molecular formula is C21H19FN2O4. The predicted molar refractivity (Wildman–Crippen MR) is 101 cm³/mol. The van der Waals surface area contributed by atoms with Crippen molar-refractivity contribution in [2.75, 3.05) is 20.8 Å². The smallest absolute Gasteiger partial charge is 0.357 e. The molecule has 0 aliphatic rings. The summed E-state index contributed by atoms with van der Waals surface area (Å²) < 4.78 is 23.7. The van der Waals surface area contributed by atoms with Crippen molar-refractivity contribution in [3.63, 3.8) is 0 Å². The Balaban J connectivity index is 1.57. The summed E-state index contributed by atoms with van der Waals surface area (Å²) in [4.78, 5) is 30.0. The van der Waals surface area contributed by atoms with E-state index in [0.29, 0.717) is 11.1 Å². The number of rotatable bonds is 6. The van der Waals surface area contributed by atoms with Crippen molar-refractivity contribution in [3.8, 4) is 5.75 Å². The van der Waals surface area contributed by atoms with Gasteiger partial charge in [0.1, 0.15) is 5.69 Å². The average Bonchev–Trinajstić information content (AvgIpc) is 2.71. The molecule has 28 heavy (non-hydrogen) atoms. The van der Waals surface area contributed by atoms with Crippen LogP contribution in [-0.2, 0) is 16.1 Å². The number of methoxy groups -OCH3 is 1. The number of benzene rings is 2. The molecule has 0 atom stereocenters. The largest absolute Gasteiger partial charge is 0.494 e. The van der Waals surface area contributed by atoms with Gasteiger partial charge in [0.2, 0.25) is 0 Å². The lowest BCUT2D eigenvalue weighted by Gasteiger charge is -2.17. The molecule has 0 spiro atoms. The van der Waals surface area contributed by atoms with Gasteiger partial charge < -0.3 is 14.4 Å². The molecule has 0 aliphatic carbocycles. The van der Waals surface area contributed by atoms with Gasteiger partial charge >= 0.3 is 5.97 Å². The van der Waals surface area contributed by atoms with Gasteiger partial charge in [-0.25, -0.2) is 14.2 Å². The van der Waals surface area contributed by atoms with Crippen LogP contribution in [0.25, 0.3) is 10.9 Å². The van der Waals surface area contributed by atoms with Crippen molar-refractivity contribution in [1.82, 2.24) is 9.88 Å². The van der Waals surface area contributed by atoms with E-state index in [1.807, 2.05) is 18.2 Å². The van der Waals surface area contributed by atoms with E-state index in [1.54, 1.807) is 31.3 Å². The van der Waals surface area contributed by atoms with E-state index in [4.69, 9.17) is 9.47 Å². The number of esters is 1. The van der Waals surface area contributed by atoms with Crippen molar-refractivity contribution in [2.24, 2.45) is 0 Å². The lowest BCUT2D eigenvalue weighted by Crippen LogP contribution is -2.31. The Kier molecular flexibility index (Phi) is 5.84. The van der Waals surface area contributed by atoms with Crippen LogP contribution >= 0.6 is 0 Å². The maximum absolute atomic E-state index is 13.7. The van der Waals surface area contributed by atoms with Gasteiger partial charge in [-0.1, -0.05) is 30.3 Å². The summed E-state index contributed by atoms with van der Waals surface area (Å²) in [5, 5.41) is 0.904. The summed E-state index contributed by atoms with van der Waals surface area (Å²) in [6.07, 6.45) is 0. The van der Waals surface area contributed by atoms with Crippen LogP contribution in [-0.4, -0.2) is 42.5 Å². The monoisotopic (exact) mass is 382 g/mol. The third kappa shape index (κ3) is 4.43. The number of amides is 1. The van der Waals surface area contributed by atoms with E-state index in [1.165, 1.54) is 24.1 Å². The Labute approximate surface area is 161 Å². The Morgan fingerprint density at radius 2 is 1.89 bits per heavy atom. The van der Waals surface area contributed by atoms with E-state index in [0.717, 1.165) is 5.39 Å². The molecule has 0 radical (unpaired) electrons. The molecule has 7 heteroatoms. The van der Waals surface area contributed by atoms with Gasteiger partial charge in [0.15, 0.2) is 18.2 Å². The topological polar surface area (TPSA) is 68.7 Å². The fourth-order valence-electron chi connectivity index (χ4n) is 2.66. The standard InChI is InChI=1S/C21H19FN2O4/c1-24(12-14-7-10-19(27-2)16(22)11-14)20(25)13-28-21(26)18-9-8-15-5-3-4-6-17(15)23-18/h3-11H,12-13H2,1-2H3. The van der Waals surface area contributed by atoms with Gasteiger partial charge in [-0.3, -0.25) is 4.79 Å². The first-order valence-electron chi connectivity index (χ1n) is 8.57. The maximum Gasteiger partial charge on any atom is 0.357 e. The molecule has 3 aromatic rings. The zero-order valence-electron chi connectivity index (χ0n) is 15.5. The van der Waals surface area contributed by atoms with Crippen LogP contribution in [0.3, 0.4) is 0 Å². The van der Waals surface area contributed by atoms with E-state index in [-0.39, 0.29) is 18.0 Å². The number of likely N-dealkylation sites (N-methyl/N-ethyl adjacent to an activating group) is 1. The molecule has 1 aromatic heterocycles. The molecule has 0 aliphatic heterocycles. The summed E-state index contributed by atoms with van der Waals surface area (Å²) >= 11 is 0. The normalized spacial score (nSPS) is 10.5. The van der Waals surface area contributed by atoms with Gasteiger partial charge in [0.25, 0.3) is 5.91 Å². The van der Waals surface area contributed by atoms with Crippen molar-refractivity contribution < 1.29 is 23.5 Å². The highest BCUT2D eigenvalue weighted by Gasteiger charge is 2.16. The third-order valence-electron chi connectivity index (χ3n) is 4.20. The first kappa shape index (κ1) is 19.3. The second-order valence-corrected chi connectivity index (χ2v) is 6.18. The predicted octanol–water partition coefficient (Wildman–Crippen LogP) is 3.20. The molecular weight excluding hydrogens is 363 g/mol. The van der Waals surface area contributed by atoms with Gasteiger partial charge in [0.05, 0.1) is 12.6 Å². The van der Waals surface area contributed by atoms with Gasteiger partial charge in [-0.05, 0) is 29.8 Å². The minimum absolute atomic E-state index is 0.131. The van der Waals surface area contributed by atoms with Crippen LogP contribution in [0.15, 0.2) is 54.6 Å². The van der Waals surface area contributed by atoms with Crippen molar-refractivity contribution in [2.45, 2.75) is 6.54 Å². The lowest BCUT2D eigenvalue weighted by atomic mass is 10.2. The van der Waals surface area contributed by atoms with E-state index in [2.05, 4.69) is 4.98 Å². The van der Waals surface area contributed by atoms with Crippen LogP contribution in [0.5, 0.6) is 5.75 Å². The van der Waals surface area contributed by atoms with E-state index < -0.39 is 24.3 Å². The Morgan fingerprint density at radius 1 is 1.11 bits per heavy atom. The highest BCUT2D eigenvalue weighted by molar-refractivity contribution is 5.92. The number of hydrogen-bond acceptors (Lipinski definition) is 5. The Morgan fingerprint density at radius 3 is 2.64 bits per heavy atom. The number of aromatic nitrogens is 1. The number of nitrogens with zero attached hydrogens (tertiary/aromatic N) is 2. The Hall–Kier alpha value is -3.48. The summed E-state index contributed by atoms with van der Waals surface area (Å²) in [6, 6.07) is 15.2. The number of pyridine rings is 1. The van der Waals surface area contributed by atoms with Crippen LogP contribution in [0.4, 0.5) is 4.39 Å². The van der Waals surface area contributed by atoms with Gasteiger partial charge in [-0.2, -0.15) is 0 Å². The summed E-state index contributed by atoms with van der Waals surface area (Å²) in [5.41, 5.74) is 1.39. The molecule has 0 unspecified atom stereocenters. The average molecular weight is 382 g/mol. The number of para-hydroxylation sites is 1. The molecule has 144 valence electrons. The highest BCUT2D eigenvalue weighted by atomic mass is 19.1. The summed E-state index contributed by atoms with van der Waals surface area (Å²) in [6.45, 7) is -0.256. The van der Waals surface area contributed by atoms with Crippen LogP contribution in [0, 0.1) is 5.82 Å². The fraction of sp³-hybridized carbons (Fsp3) is 0.190. The fourth-order valence-corrected chi connectivity index (χ4v) is 2.66. The molecule has 2 aromatic carbocycles. The molecule has 6 nitrogen and oxygen atoms in total. The van der Waals surface area contributed by atoms with Crippen molar-refractivity contribution in [1.29, 1.82) is 0 Å². The number of fused-ring (bicyclic) bond motifs is 1. The third-order valence-corrected chi connectivity index (χ3v) is 4.20. The van der Waals surface area contributed by atoms with Crippen molar-refractivity contribution >= 4 is 22.8 Å². The number of carbonyl (C=O) groups excluding carboxylic acids is 2. The molecule has 1 heterocycles. The van der Waals surface area contributed by atoms with Crippen LogP contribution in [0.1, 0.15) is 16.1 Å². The number of carbonyl (C=O) groups is 2. The first-order valence-corrected chi connectivity index (χ1v) is 8.57. The molecule has 0 fully saturated rings. The first-order chi connectivity index (χ1) is 13.5. The number of halogens is 1. The minimum Gasteiger partial charge on any atom is -0.494 e. The molecule has 0 N–H and O–H groups in total. The molecule has 0 saturated heterocycles. The van der Waals surface area contributed by atoms with Gasteiger partial charge in [0, 0.05) is 19.0 Å². The second kappa shape index (κ2) is 8.47. The lowest BCUT2D eigenvalue weighted by molar-refractivity contribution is -0.133. The summed E-state index contributed by atoms with van der Waals surface area (Å²) in [5.74, 6) is -1.46. The zero-order chi connectivity index (χ0) is 20.1. The number of ether oxygens (including phenoxy) is 2. The van der Waals surface area contributed by atoms with Crippen LogP contribution in [0.2, 0.25) is 0 Å². The summed E-state index contributed by atoms with van der Waals surface area (Å²) in [7, 11) is 2.93. The van der Waals surface area contributed by atoms with Crippen molar-refractivity contribution in [3.05, 3.63) is 71.7 Å². The highest BCUT2D eigenvalue weighted by Crippen LogP contribution is 2.18. The molecule has 1 amide bonds. The minimum atomic E-state index is -0.678.